The van der Waals surface area contributed by atoms with Crippen LogP contribution in [-0.2, 0) is 46.6 Å². The number of esters is 2. The molecule has 0 aliphatic carbocycles. The Balaban J connectivity index is 0.000000369. The molecular weight excluding hydrogens is 499 g/mol. The van der Waals surface area contributed by atoms with Gasteiger partial charge in [-0.15, -0.1) is 0 Å². The fourth-order valence-corrected chi connectivity index (χ4v) is 3.04. The highest BCUT2D eigenvalue weighted by Gasteiger charge is 2.15. The summed E-state index contributed by atoms with van der Waals surface area (Å²) in [6, 6.07) is 8.71. The number of anilines is 2. The van der Waals surface area contributed by atoms with Gasteiger partial charge in [-0.25, -0.2) is 14.0 Å². The fourth-order valence-electron chi connectivity index (χ4n) is 2.69. The molecule has 13 heteroatoms. The maximum absolute atomic E-state index is 12.4. The average Bonchev–Trinajstić information content (AvgIpc) is 2.81. The second-order valence-electron chi connectivity index (χ2n) is 7.21. The Bertz CT molecular complexity index is 1230. The third-order valence-electron chi connectivity index (χ3n) is 4.19. The Morgan fingerprint density at radius 1 is 0.806 bits per heavy atom. The minimum atomic E-state index is -3.57. The summed E-state index contributed by atoms with van der Waals surface area (Å²) in [5.74, 6) is -1.88. The van der Waals surface area contributed by atoms with Crippen molar-refractivity contribution in [1.82, 2.24) is 0 Å². The number of rotatable bonds is 8. The molecule has 0 aliphatic rings. The van der Waals surface area contributed by atoms with Gasteiger partial charge >= 0.3 is 11.9 Å². The number of halogens is 1. The third kappa shape index (κ3) is 10.2. The standard InChI is InChI=1S/C12H15NO6S.C11H12FNO3/c1-8(14)13-11-6-9(7-19-20(3,16)17)4-5-10(11)12(15)18-2;1-7(14)13-10-5-8(6-12)3-4-9(10)11(15)16-2/h4-6H,7H2,1-3H3,(H,13,14);3-5H,6H2,1-2H3,(H,13,14). The number of hydrogen-bond donors (Lipinski definition) is 2. The summed E-state index contributed by atoms with van der Waals surface area (Å²) in [5, 5.41) is 4.94. The molecule has 2 aromatic carbocycles. The van der Waals surface area contributed by atoms with E-state index in [0.29, 0.717) is 11.1 Å². The number of carbonyl (C=O) groups excluding carboxylic acids is 4. The van der Waals surface area contributed by atoms with Crippen LogP contribution in [0.4, 0.5) is 15.8 Å². The Morgan fingerprint density at radius 2 is 1.22 bits per heavy atom. The van der Waals surface area contributed by atoms with Crippen molar-refractivity contribution in [3.8, 4) is 0 Å². The van der Waals surface area contributed by atoms with Crippen LogP contribution in [0, 0.1) is 0 Å². The van der Waals surface area contributed by atoms with Crippen molar-refractivity contribution in [3.05, 3.63) is 58.7 Å². The molecular formula is C23H27FN2O9S. The zero-order valence-electron chi connectivity index (χ0n) is 20.3. The predicted molar refractivity (Wildman–Crippen MR) is 129 cm³/mol. The first-order valence-corrected chi connectivity index (χ1v) is 12.0. The summed E-state index contributed by atoms with van der Waals surface area (Å²) >= 11 is 0. The molecule has 2 amide bonds. The van der Waals surface area contributed by atoms with Gasteiger partial charge in [0.25, 0.3) is 10.1 Å². The van der Waals surface area contributed by atoms with Crippen LogP contribution in [0.25, 0.3) is 0 Å². The van der Waals surface area contributed by atoms with Crippen LogP contribution >= 0.6 is 0 Å². The molecule has 2 N–H and O–H groups in total. The topological polar surface area (TPSA) is 154 Å². The lowest BCUT2D eigenvalue weighted by Crippen LogP contribution is -2.13. The Kier molecular flexibility index (Phi) is 11.7. The van der Waals surface area contributed by atoms with E-state index in [1.165, 1.54) is 64.5 Å². The number of amides is 2. The minimum absolute atomic E-state index is 0.172. The quantitative estimate of drug-likeness (QED) is 0.390. The first-order chi connectivity index (χ1) is 16.8. The predicted octanol–water partition coefficient (Wildman–Crippen LogP) is 2.81. The number of ether oxygens (including phenoxy) is 2. The molecule has 0 aromatic heterocycles. The van der Waals surface area contributed by atoms with Crippen molar-refractivity contribution in [2.24, 2.45) is 0 Å². The van der Waals surface area contributed by atoms with Gasteiger partial charge < -0.3 is 20.1 Å². The zero-order valence-corrected chi connectivity index (χ0v) is 21.2. The molecule has 0 heterocycles. The van der Waals surface area contributed by atoms with E-state index in [9.17, 15) is 32.0 Å². The molecule has 0 bridgehead atoms. The van der Waals surface area contributed by atoms with Crippen LogP contribution < -0.4 is 10.6 Å². The summed E-state index contributed by atoms with van der Waals surface area (Å²) in [6.45, 7) is 1.75. The fraction of sp³-hybridized carbons (Fsp3) is 0.304. The Morgan fingerprint density at radius 3 is 1.58 bits per heavy atom. The number of methoxy groups -OCH3 is 2. The van der Waals surface area contributed by atoms with Crippen molar-refractivity contribution >= 4 is 45.2 Å². The van der Waals surface area contributed by atoms with Crippen molar-refractivity contribution < 1.29 is 45.6 Å². The molecule has 0 unspecified atom stereocenters. The molecule has 0 fully saturated rings. The molecule has 0 saturated heterocycles. The second kappa shape index (κ2) is 13.9. The van der Waals surface area contributed by atoms with Gasteiger partial charge in [-0.05, 0) is 35.4 Å². The summed E-state index contributed by atoms with van der Waals surface area (Å²) in [6.07, 6.45) is 0.935. The number of benzene rings is 2. The van der Waals surface area contributed by atoms with Gasteiger partial charge in [-0.1, -0.05) is 12.1 Å². The molecule has 0 radical (unpaired) electrons. The van der Waals surface area contributed by atoms with Crippen LogP contribution in [0.5, 0.6) is 0 Å². The largest absolute Gasteiger partial charge is 0.465 e. The van der Waals surface area contributed by atoms with Gasteiger partial charge in [0.1, 0.15) is 6.67 Å². The summed E-state index contributed by atoms with van der Waals surface area (Å²) in [7, 11) is -1.11. The Labute approximate surface area is 208 Å². The summed E-state index contributed by atoms with van der Waals surface area (Å²) < 4.78 is 48.1. The van der Waals surface area contributed by atoms with E-state index in [1.807, 2.05) is 0 Å². The minimum Gasteiger partial charge on any atom is -0.465 e. The van der Waals surface area contributed by atoms with Crippen molar-refractivity contribution in [3.63, 3.8) is 0 Å². The number of alkyl halides is 1. The van der Waals surface area contributed by atoms with Crippen LogP contribution in [0.3, 0.4) is 0 Å². The normalized spacial score (nSPS) is 10.4. The Hall–Kier alpha value is -3.84. The van der Waals surface area contributed by atoms with Crippen LogP contribution in [0.15, 0.2) is 36.4 Å². The van der Waals surface area contributed by atoms with Gasteiger partial charge in [0.15, 0.2) is 0 Å². The van der Waals surface area contributed by atoms with E-state index < -0.39 is 28.7 Å². The number of hydrogen-bond acceptors (Lipinski definition) is 9. The first-order valence-electron chi connectivity index (χ1n) is 10.2. The highest BCUT2D eigenvalue weighted by molar-refractivity contribution is 7.85. The lowest BCUT2D eigenvalue weighted by molar-refractivity contribution is -0.115. The van der Waals surface area contributed by atoms with Crippen LogP contribution in [0.2, 0.25) is 0 Å². The number of nitrogens with one attached hydrogen (secondary N) is 2. The third-order valence-corrected chi connectivity index (χ3v) is 4.74. The molecule has 0 aliphatic heterocycles. The monoisotopic (exact) mass is 526 g/mol. The molecule has 196 valence electrons. The van der Waals surface area contributed by atoms with Gasteiger partial charge in [0.2, 0.25) is 11.8 Å². The zero-order chi connectivity index (χ0) is 27.5. The molecule has 2 rings (SSSR count). The molecule has 11 nitrogen and oxygen atoms in total. The van der Waals surface area contributed by atoms with Gasteiger partial charge in [-0.3, -0.25) is 13.8 Å². The second-order valence-corrected chi connectivity index (χ2v) is 8.85. The van der Waals surface area contributed by atoms with Crippen LogP contribution in [0.1, 0.15) is 45.7 Å². The van der Waals surface area contributed by atoms with E-state index in [-0.39, 0.29) is 40.9 Å². The summed E-state index contributed by atoms with van der Waals surface area (Å²) in [4.78, 5) is 44.9. The van der Waals surface area contributed by atoms with E-state index in [2.05, 4.69) is 24.3 Å². The molecule has 0 spiro atoms. The number of carbonyl (C=O) groups is 4. The van der Waals surface area contributed by atoms with Gasteiger partial charge in [-0.2, -0.15) is 8.42 Å². The van der Waals surface area contributed by atoms with E-state index in [1.54, 1.807) is 0 Å². The van der Waals surface area contributed by atoms with Crippen molar-refractivity contribution in [2.45, 2.75) is 27.1 Å². The molecule has 0 saturated carbocycles. The maximum Gasteiger partial charge on any atom is 0.339 e. The summed E-state index contributed by atoms with van der Waals surface area (Å²) in [5.41, 5.74) is 1.75. The van der Waals surface area contributed by atoms with E-state index >= 15 is 0 Å². The molecule has 36 heavy (non-hydrogen) atoms. The lowest BCUT2D eigenvalue weighted by atomic mass is 10.1. The molecule has 2 aromatic rings. The molecule has 0 atom stereocenters. The highest BCUT2D eigenvalue weighted by Crippen LogP contribution is 2.21. The maximum atomic E-state index is 12.4. The average molecular weight is 527 g/mol. The van der Waals surface area contributed by atoms with Crippen LogP contribution in [-0.4, -0.2) is 52.6 Å². The van der Waals surface area contributed by atoms with Gasteiger partial charge in [0.05, 0.1) is 49.6 Å². The first kappa shape index (κ1) is 30.2. The van der Waals surface area contributed by atoms with Crippen molar-refractivity contribution in [2.75, 3.05) is 31.1 Å². The lowest BCUT2D eigenvalue weighted by Gasteiger charge is -2.10. The van der Waals surface area contributed by atoms with E-state index in [4.69, 9.17) is 0 Å². The highest BCUT2D eigenvalue weighted by atomic mass is 32.2. The van der Waals surface area contributed by atoms with E-state index in [0.717, 1.165) is 6.26 Å². The van der Waals surface area contributed by atoms with Gasteiger partial charge in [0, 0.05) is 13.8 Å². The smallest absolute Gasteiger partial charge is 0.339 e. The SMILES string of the molecule is COC(=O)c1ccc(CF)cc1NC(C)=O.COC(=O)c1ccc(COS(C)(=O)=O)cc1NC(C)=O. The van der Waals surface area contributed by atoms with Crippen molar-refractivity contribution in [1.29, 1.82) is 0 Å².